The zero-order valence-corrected chi connectivity index (χ0v) is 15.2. The van der Waals surface area contributed by atoms with E-state index < -0.39 is 0 Å². The predicted octanol–water partition coefficient (Wildman–Crippen LogP) is 3.95. The molecule has 3 aromatic rings. The fourth-order valence-electron chi connectivity index (χ4n) is 2.30. The van der Waals surface area contributed by atoms with Crippen molar-refractivity contribution in [1.29, 1.82) is 0 Å². The highest BCUT2D eigenvalue weighted by atomic mass is 35.5. The van der Waals surface area contributed by atoms with E-state index in [1.165, 1.54) is 11.1 Å². The molecule has 0 bridgehead atoms. The van der Waals surface area contributed by atoms with Crippen molar-refractivity contribution in [3.63, 3.8) is 0 Å². The number of anilines is 1. The van der Waals surface area contributed by atoms with E-state index in [4.69, 9.17) is 20.8 Å². The van der Waals surface area contributed by atoms with Crippen LogP contribution in [0.1, 0.15) is 22.6 Å². The van der Waals surface area contributed by atoms with Gasteiger partial charge >= 0.3 is 6.01 Å². The van der Waals surface area contributed by atoms with Gasteiger partial charge < -0.3 is 9.15 Å². The van der Waals surface area contributed by atoms with Crippen LogP contribution in [0, 0.1) is 13.8 Å². The molecule has 0 aliphatic rings. The molecule has 3 rings (SSSR count). The van der Waals surface area contributed by atoms with Gasteiger partial charge in [-0.2, -0.15) is 0 Å². The van der Waals surface area contributed by atoms with Crippen LogP contribution >= 0.6 is 11.6 Å². The second-order valence-electron chi connectivity index (χ2n) is 5.89. The molecular weight excluding hydrogens is 354 g/mol. The van der Waals surface area contributed by atoms with Crippen LogP contribution in [0.2, 0.25) is 5.02 Å². The van der Waals surface area contributed by atoms with Crippen LogP contribution in [-0.4, -0.2) is 22.7 Å². The van der Waals surface area contributed by atoms with E-state index in [2.05, 4.69) is 41.5 Å². The van der Waals surface area contributed by atoms with Gasteiger partial charge in [-0.15, -0.1) is 5.10 Å². The molecule has 0 aliphatic heterocycles. The van der Waals surface area contributed by atoms with E-state index in [9.17, 15) is 4.79 Å². The molecule has 26 heavy (non-hydrogen) atoms. The summed E-state index contributed by atoms with van der Waals surface area (Å²) >= 11 is 5.80. The van der Waals surface area contributed by atoms with Crippen LogP contribution in [0.15, 0.2) is 46.9 Å². The lowest BCUT2D eigenvalue weighted by molar-refractivity contribution is -0.118. The van der Waals surface area contributed by atoms with E-state index in [1.54, 1.807) is 24.3 Å². The molecule has 0 aliphatic carbocycles. The number of carbonyl (C=O) groups is 1. The summed E-state index contributed by atoms with van der Waals surface area (Å²) < 4.78 is 10.8. The molecule has 1 aromatic heterocycles. The number of aromatic nitrogens is 2. The summed E-state index contributed by atoms with van der Waals surface area (Å²) in [5.74, 6) is 0.592. The quantitative estimate of drug-likeness (QED) is 0.710. The zero-order valence-electron chi connectivity index (χ0n) is 14.5. The molecule has 0 atom stereocenters. The second-order valence-corrected chi connectivity index (χ2v) is 6.32. The third-order valence-corrected chi connectivity index (χ3v) is 4.08. The largest absolute Gasteiger partial charge is 0.484 e. The fraction of sp³-hybridized carbons (Fsp3) is 0.211. The predicted molar refractivity (Wildman–Crippen MR) is 98.6 cm³/mol. The van der Waals surface area contributed by atoms with Gasteiger partial charge in [-0.3, -0.25) is 10.1 Å². The van der Waals surface area contributed by atoms with Crippen LogP contribution in [0.4, 0.5) is 6.01 Å². The van der Waals surface area contributed by atoms with Crippen molar-refractivity contribution >= 4 is 23.5 Å². The van der Waals surface area contributed by atoms with E-state index >= 15 is 0 Å². The number of carbonyl (C=O) groups excluding carboxylic acids is 1. The maximum Gasteiger partial charge on any atom is 0.322 e. The number of nitrogens with zero attached hydrogens (tertiary/aromatic N) is 2. The van der Waals surface area contributed by atoms with Gasteiger partial charge in [0.15, 0.2) is 6.61 Å². The number of benzene rings is 2. The standard InChI is InChI=1S/C19H18ClN3O3/c1-12-3-4-14(9-13(12)2)10-18-22-23-19(26-18)21-17(24)11-25-16-7-5-15(20)6-8-16/h3-9H,10-11H2,1-2H3,(H,21,23,24). The molecule has 6 nitrogen and oxygen atoms in total. The first kappa shape index (κ1) is 17.9. The Bertz CT molecular complexity index is 907. The number of halogens is 1. The fourth-order valence-corrected chi connectivity index (χ4v) is 2.42. The Morgan fingerprint density at radius 3 is 2.62 bits per heavy atom. The van der Waals surface area contributed by atoms with Crippen molar-refractivity contribution in [3.8, 4) is 5.75 Å². The lowest BCUT2D eigenvalue weighted by Gasteiger charge is -2.05. The van der Waals surface area contributed by atoms with Gasteiger partial charge in [0.1, 0.15) is 5.75 Å². The number of rotatable bonds is 6. The van der Waals surface area contributed by atoms with Gasteiger partial charge in [0, 0.05) is 5.02 Å². The Labute approximate surface area is 156 Å². The minimum absolute atomic E-state index is 0.0496. The average Bonchev–Trinajstić information content (AvgIpc) is 3.04. The first-order chi connectivity index (χ1) is 12.5. The van der Waals surface area contributed by atoms with Crippen molar-refractivity contribution in [1.82, 2.24) is 10.2 Å². The normalized spacial score (nSPS) is 10.6. The molecule has 1 amide bonds. The van der Waals surface area contributed by atoms with Crippen molar-refractivity contribution in [2.75, 3.05) is 11.9 Å². The minimum atomic E-state index is -0.388. The molecule has 134 valence electrons. The number of hydrogen-bond acceptors (Lipinski definition) is 5. The van der Waals surface area contributed by atoms with Crippen molar-refractivity contribution < 1.29 is 13.9 Å². The van der Waals surface area contributed by atoms with E-state index in [0.717, 1.165) is 5.56 Å². The number of nitrogens with one attached hydrogen (secondary N) is 1. The number of aryl methyl sites for hydroxylation is 2. The van der Waals surface area contributed by atoms with Gasteiger partial charge in [0.25, 0.3) is 5.91 Å². The molecule has 0 saturated heterocycles. The summed E-state index contributed by atoms with van der Waals surface area (Å²) in [5, 5.41) is 10.9. The molecule has 2 aromatic carbocycles. The molecule has 1 heterocycles. The Hall–Kier alpha value is -2.86. The summed E-state index contributed by atoms with van der Waals surface area (Å²) in [6, 6.07) is 12.9. The summed E-state index contributed by atoms with van der Waals surface area (Å²) in [4.78, 5) is 11.9. The molecular formula is C19H18ClN3O3. The molecule has 0 saturated carbocycles. The Balaban J connectivity index is 1.53. The molecule has 0 spiro atoms. The van der Waals surface area contributed by atoms with Crippen LogP contribution in [0.3, 0.4) is 0 Å². The molecule has 0 unspecified atom stereocenters. The van der Waals surface area contributed by atoms with Gasteiger partial charge in [-0.1, -0.05) is 34.9 Å². The van der Waals surface area contributed by atoms with Gasteiger partial charge in [-0.05, 0) is 54.8 Å². The third kappa shape index (κ3) is 4.83. The highest BCUT2D eigenvalue weighted by molar-refractivity contribution is 6.30. The lowest BCUT2D eigenvalue weighted by atomic mass is 10.0. The Kier molecular flexibility index (Phi) is 5.53. The van der Waals surface area contributed by atoms with E-state index in [-0.39, 0.29) is 18.5 Å². The van der Waals surface area contributed by atoms with E-state index in [1.807, 2.05) is 6.07 Å². The second kappa shape index (κ2) is 8.01. The number of hydrogen-bond donors (Lipinski definition) is 1. The lowest BCUT2D eigenvalue weighted by Crippen LogP contribution is -2.20. The smallest absolute Gasteiger partial charge is 0.322 e. The molecule has 1 N–H and O–H groups in total. The first-order valence-corrected chi connectivity index (χ1v) is 8.44. The Morgan fingerprint density at radius 2 is 1.88 bits per heavy atom. The van der Waals surface area contributed by atoms with Crippen LogP contribution in [0.25, 0.3) is 0 Å². The summed E-state index contributed by atoms with van der Waals surface area (Å²) in [6.45, 7) is 3.95. The zero-order chi connectivity index (χ0) is 18.5. The summed E-state index contributed by atoms with van der Waals surface area (Å²) in [7, 11) is 0. The SMILES string of the molecule is Cc1ccc(Cc2nnc(NC(=O)COc3ccc(Cl)cc3)o2)cc1C. The van der Waals surface area contributed by atoms with Gasteiger partial charge in [-0.25, -0.2) is 0 Å². The Morgan fingerprint density at radius 1 is 1.12 bits per heavy atom. The number of ether oxygens (including phenoxy) is 1. The average molecular weight is 372 g/mol. The molecule has 0 fully saturated rings. The highest BCUT2D eigenvalue weighted by Crippen LogP contribution is 2.16. The third-order valence-electron chi connectivity index (χ3n) is 3.82. The molecule has 0 radical (unpaired) electrons. The maximum atomic E-state index is 11.9. The topological polar surface area (TPSA) is 77.2 Å². The summed E-state index contributed by atoms with van der Waals surface area (Å²) in [6.07, 6.45) is 0.505. The molecule has 7 heteroatoms. The highest BCUT2D eigenvalue weighted by Gasteiger charge is 2.11. The van der Waals surface area contributed by atoms with Crippen LogP contribution in [0.5, 0.6) is 5.75 Å². The maximum absolute atomic E-state index is 11.9. The van der Waals surface area contributed by atoms with Gasteiger partial charge in [0.2, 0.25) is 5.89 Å². The van der Waals surface area contributed by atoms with Crippen LogP contribution in [-0.2, 0) is 11.2 Å². The minimum Gasteiger partial charge on any atom is -0.484 e. The van der Waals surface area contributed by atoms with Crippen molar-refractivity contribution in [2.24, 2.45) is 0 Å². The van der Waals surface area contributed by atoms with Crippen molar-refractivity contribution in [3.05, 3.63) is 70.1 Å². The van der Waals surface area contributed by atoms with Crippen LogP contribution < -0.4 is 10.1 Å². The number of amides is 1. The first-order valence-electron chi connectivity index (χ1n) is 8.06. The van der Waals surface area contributed by atoms with Gasteiger partial charge in [0.05, 0.1) is 6.42 Å². The van der Waals surface area contributed by atoms with Crippen molar-refractivity contribution in [2.45, 2.75) is 20.3 Å². The van der Waals surface area contributed by atoms with E-state index in [0.29, 0.717) is 23.1 Å². The summed E-state index contributed by atoms with van der Waals surface area (Å²) in [5.41, 5.74) is 3.50. The monoisotopic (exact) mass is 371 g/mol.